The monoisotopic (exact) mass is 213 g/mol. The minimum atomic E-state index is -0.120. The molecule has 2 rings (SSSR count). The predicted octanol–water partition coefficient (Wildman–Crippen LogP) is 2.62. The Morgan fingerprint density at radius 2 is 1.88 bits per heavy atom. The number of hydrogen-bond donors (Lipinski definition) is 1. The highest BCUT2D eigenvalue weighted by atomic mass is 16.1. The maximum Gasteiger partial charge on any atom is 0.167 e. The quantitative estimate of drug-likeness (QED) is 0.796. The van der Waals surface area contributed by atoms with E-state index in [9.17, 15) is 4.79 Å². The number of fused-ring (bicyclic) bond motifs is 1. The molecular weight excluding hydrogens is 198 g/mol. The Hall–Kier alpha value is -1.67. The molecule has 2 nitrogen and oxygen atoms in total. The van der Waals surface area contributed by atoms with Crippen molar-refractivity contribution >= 4 is 16.6 Å². The lowest BCUT2D eigenvalue weighted by molar-refractivity contribution is 0.0936. The number of ketones is 1. The van der Waals surface area contributed by atoms with Crippen molar-refractivity contribution < 1.29 is 4.79 Å². The van der Waals surface area contributed by atoms with E-state index in [1.807, 2.05) is 49.4 Å². The number of hydrogen-bond acceptors (Lipinski definition) is 2. The Labute approximate surface area is 95.1 Å². The largest absolute Gasteiger partial charge is 0.330 e. The Bertz CT molecular complexity index is 514. The molecule has 1 unspecified atom stereocenters. The number of rotatable bonds is 3. The second-order valence-corrected chi connectivity index (χ2v) is 4.03. The Balaban J connectivity index is 2.56. The van der Waals surface area contributed by atoms with Crippen molar-refractivity contribution in [2.24, 2.45) is 11.7 Å². The first-order chi connectivity index (χ1) is 7.74. The average molecular weight is 213 g/mol. The van der Waals surface area contributed by atoms with Crippen LogP contribution in [0.5, 0.6) is 0 Å². The van der Waals surface area contributed by atoms with Gasteiger partial charge in [-0.1, -0.05) is 49.4 Å². The lowest BCUT2D eigenvalue weighted by Crippen LogP contribution is -2.20. The highest BCUT2D eigenvalue weighted by molar-refractivity contribution is 6.09. The summed E-state index contributed by atoms with van der Waals surface area (Å²) in [6.07, 6.45) is 0. The fourth-order valence-corrected chi connectivity index (χ4v) is 1.81. The van der Waals surface area contributed by atoms with Crippen molar-refractivity contribution in [2.45, 2.75) is 6.92 Å². The third kappa shape index (κ3) is 1.84. The SMILES string of the molecule is CC(CN)C(=O)c1cccc2ccccc12. The van der Waals surface area contributed by atoms with Gasteiger partial charge in [0.2, 0.25) is 0 Å². The van der Waals surface area contributed by atoms with E-state index in [-0.39, 0.29) is 11.7 Å². The number of carbonyl (C=O) groups is 1. The Morgan fingerprint density at radius 1 is 1.19 bits per heavy atom. The molecule has 2 aromatic carbocycles. The molecule has 0 radical (unpaired) electrons. The minimum Gasteiger partial charge on any atom is -0.330 e. The summed E-state index contributed by atoms with van der Waals surface area (Å²) in [7, 11) is 0. The fraction of sp³-hybridized carbons (Fsp3) is 0.214. The molecular formula is C14H15NO. The van der Waals surface area contributed by atoms with Gasteiger partial charge in [-0.25, -0.2) is 0 Å². The van der Waals surface area contributed by atoms with Crippen LogP contribution in [-0.2, 0) is 0 Å². The number of Topliss-reactive ketones (excluding diaryl/α,β-unsaturated/α-hetero) is 1. The maximum absolute atomic E-state index is 12.1. The summed E-state index contributed by atoms with van der Waals surface area (Å²) < 4.78 is 0. The summed E-state index contributed by atoms with van der Waals surface area (Å²) in [5.74, 6) is 0.00473. The first-order valence-corrected chi connectivity index (χ1v) is 5.46. The van der Waals surface area contributed by atoms with E-state index in [1.54, 1.807) is 0 Å². The van der Waals surface area contributed by atoms with Crippen LogP contribution in [0.1, 0.15) is 17.3 Å². The van der Waals surface area contributed by atoms with Crippen LogP contribution in [0, 0.1) is 5.92 Å². The smallest absolute Gasteiger partial charge is 0.167 e. The third-order valence-electron chi connectivity index (χ3n) is 2.86. The zero-order chi connectivity index (χ0) is 11.5. The predicted molar refractivity (Wildman–Crippen MR) is 66.5 cm³/mol. The molecule has 0 saturated carbocycles. The fourth-order valence-electron chi connectivity index (χ4n) is 1.81. The highest BCUT2D eigenvalue weighted by Gasteiger charge is 2.15. The van der Waals surface area contributed by atoms with Gasteiger partial charge in [0.25, 0.3) is 0 Å². The van der Waals surface area contributed by atoms with E-state index in [0.717, 1.165) is 16.3 Å². The molecule has 0 saturated heterocycles. The van der Waals surface area contributed by atoms with Gasteiger partial charge in [0.1, 0.15) is 0 Å². The lowest BCUT2D eigenvalue weighted by Gasteiger charge is -2.09. The first-order valence-electron chi connectivity index (χ1n) is 5.46. The van der Waals surface area contributed by atoms with Crippen LogP contribution >= 0.6 is 0 Å². The van der Waals surface area contributed by atoms with Crippen LogP contribution in [0.15, 0.2) is 42.5 Å². The highest BCUT2D eigenvalue weighted by Crippen LogP contribution is 2.20. The number of benzene rings is 2. The van der Waals surface area contributed by atoms with E-state index in [1.165, 1.54) is 0 Å². The van der Waals surface area contributed by atoms with E-state index >= 15 is 0 Å². The molecule has 0 amide bonds. The maximum atomic E-state index is 12.1. The molecule has 2 N–H and O–H groups in total. The Kier molecular flexibility index (Phi) is 3.02. The van der Waals surface area contributed by atoms with Gasteiger partial charge in [0, 0.05) is 18.0 Å². The lowest BCUT2D eigenvalue weighted by atomic mass is 9.95. The van der Waals surface area contributed by atoms with Gasteiger partial charge in [0.05, 0.1) is 0 Å². The number of nitrogens with two attached hydrogens (primary N) is 1. The third-order valence-corrected chi connectivity index (χ3v) is 2.86. The normalized spacial score (nSPS) is 12.6. The minimum absolute atomic E-state index is 0.120. The van der Waals surface area contributed by atoms with Crippen LogP contribution < -0.4 is 5.73 Å². The van der Waals surface area contributed by atoms with Crippen LogP contribution in [0.4, 0.5) is 0 Å². The molecule has 16 heavy (non-hydrogen) atoms. The second kappa shape index (κ2) is 4.45. The van der Waals surface area contributed by atoms with Crippen molar-refractivity contribution in [1.29, 1.82) is 0 Å². The van der Waals surface area contributed by atoms with E-state index in [2.05, 4.69) is 0 Å². The molecule has 82 valence electrons. The van der Waals surface area contributed by atoms with Crippen molar-refractivity contribution in [2.75, 3.05) is 6.54 Å². The van der Waals surface area contributed by atoms with Crippen LogP contribution in [0.3, 0.4) is 0 Å². The van der Waals surface area contributed by atoms with Crippen molar-refractivity contribution in [1.82, 2.24) is 0 Å². The van der Waals surface area contributed by atoms with Gasteiger partial charge < -0.3 is 5.73 Å². The average Bonchev–Trinajstić information content (AvgIpc) is 2.36. The molecule has 0 heterocycles. The second-order valence-electron chi connectivity index (χ2n) is 4.03. The molecule has 0 aliphatic carbocycles. The molecule has 2 aromatic rings. The summed E-state index contributed by atoms with van der Waals surface area (Å²) in [5.41, 5.74) is 6.31. The summed E-state index contributed by atoms with van der Waals surface area (Å²) in [6.45, 7) is 2.26. The molecule has 1 atom stereocenters. The molecule has 0 aliphatic rings. The molecule has 0 aliphatic heterocycles. The van der Waals surface area contributed by atoms with Crippen LogP contribution in [0.2, 0.25) is 0 Å². The van der Waals surface area contributed by atoms with Crippen molar-refractivity contribution in [3.63, 3.8) is 0 Å². The zero-order valence-corrected chi connectivity index (χ0v) is 9.31. The van der Waals surface area contributed by atoms with Crippen molar-refractivity contribution in [3.8, 4) is 0 Å². The first kappa shape index (κ1) is 10.8. The van der Waals surface area contributed by atoms with Crippen LogP contribution in [0.25, 0.3) is 10.8 Å². The molecule has 0 fully saturated rings. The summed E-state index contributed by atoms with van der Waals surface area (Å²) in [5, 5.41) is 2.10. The topological polar surface area (TPSA) is 43.1 Å². The van der Waals surface area contributed by atoms with Gasteiger partial charge in [0.15, 0.2) is 5.78 Å². The van der Waals surface area contributed by atoms with E-state index in [4.69, 9.17) is 5.73 Å². The van der Waals surface area contributed by atoms with Gasteiger partial charge in [-0.15, -0.1) is 0 Å². The van der Waals surface area contributed by atoms with E-state index < -0.39 is 0 Å². The zero-order valence-electron chi connectivity index (χ0n) is 9.31. The van der Waals surface area contributed by atoms with Crippen LogP contribution in [-0.4, -0.2) is 12.3 Å². The van der Waals surface area contributed by atoms with Gasteiger partial charge in [-0.2, -0.15) is 0 Å². The standard InChI is InChI=1S/C14H15NO/c1-10(9-15)14(16)13-8-4-6-11-5-2-3-7-12(11)13/h2-8,10H,9,15H2,1H3. The molecule has 2 heteroatoms. The molecule has 0 aromatic heterocycles. The van der Waals surface area contributed by atoms with Crippen molar-refractivity contribution in [3.05, 3.63) is 48.0 Å². The molecule has 0 bridgehead atoms. The summed E-state index contributed by atoms with van der Waals surface area (Å²) in [6, 6.07) is 13.7. The van der Waals surface area contributed by atoms with E-state index in [0.29, 0.717) is 6.54 Å². The van der Waals surface area contributed by atoms with Gasteiger partial charge >= 0.3 is 0 Å². The van der Waals surface area contributed by atoms with Gasteiger partial charge in [-0.3, -0.25) is 4.79 Å². The summed E-state index contributed by atoms with van der Waals surface area (Å²) >= 11 is 0. The number of carbonyl (C=O) groups excluding carboxylic acids is 1. The van der Waals surface area contributed by atoms with Gasteiger partial charge in [-0.05, 0) is 10.8 Å². The molecule has 0 spiro atoms. The summed E-state index contributed by atoms with van der Waals surface area (Å²) in [4.78, 5) is 12.1. The Morgan fingerprint density at radius 3 is 2.62 bits per heavy atom.